The number of aromatic hydroxyl groups is 1. The summed E-state index contributed by atoms with van der Waals surface area (Å²) in [7, 11) is 0. The van der Waals surface area contributed by atoms with Crippen LogP contribution in [0.15, 0.2) is 82.1 Å². The van der Waals surface area contributed by atoms with E-state index in [1.54, 1.807) is 22.8 Å². The van der Waals surface area contributed by atoms with Gasteiger partial charge in [0.15, 0.2) is 10.6 Å². The Bertz CT molecular complexity index is 1770. The van der Waals surface area contributed by atoms with Crippen LogP contribution in [0.5, 0.6) is 5.75 Å². The Labute approximate surface area is 207 Å². The number of benzene rings is 3. The highest BCUT2D eigenvalue weighted by molar-refractivity contribution is 7.07. The van der Waals surface area contributed by atoms with Crippen LogP contribution in [0, 0.1) is 15.9 Å². The molecule has 2 heterocycles. The van der Waals surface area contributed by atoms with E-state index < -0.39 is 22.4 Å². The summed E-state index contributed by atoms with van der Waals surface area (Å²) < 4.78 is 15.7. The number of allylic oxidation sites excluding steroid dienone is 1. The van der Waals surface area contributed by atoms with Gasteiger partial charge in [-0.15, -0.1) is 0 Å². The average molecular weight is 500 g/mol. The van der Waals surface area contributed by atoms with Crippen LogP contribution in [0.3, 0.4) is 0 Å². The number of phenolic OH excluding ortho intramolecular Hbond substituents is 1. The van der Waals surface area contributed by atoms with Crippen LogP contribution >= 0.6 is 11.3 Å². The normalized spacial score (nSPS) is 16.7. The van der Waals surface area contributed by atoms with Gasteiger partial charge in [-0.25, -0.2) is 9.38 Å². The number of hydrogen-bond acceptors (Lipinski definition) is 6. The minimum Gasteiger partial charge on any atom is -0.502 e. The third-order valence-corrected chi connectivity index (χ3v) is 7.54. The topological polar surface area (TPSA) is 97.7 Å². The first kappa shape index (κ1) is 22.1. The molecule has 1 atom stereocenters. The largest absolute Gasteiger partial charge is 0.502 e. The molecule has 4 aromatic rings. The van der Waals surface area contributed by atoms with E-state index in [1.165, 1.54) is 47.2 Å². The van der Waals surface area contributed by atoms with E-state index in [2.05, 4.69) is 6.07 Å². The summed E-state index contributed by atoms with van der Waals surface area (Å²) in [5, 5.41) is 21.0. The van der Waals surface area contributed by atoms with Crippen LogP contribution in [0.4, 0.5) is 10.1 Å². The molecule has 1 aliphatic carbocycles. The molecule has 0 saturated heterocycles. The molecular weight excluding hydrogens is 481 g/mol. The van der Waals surface area contributed by atoms with Crippen molar-refractivity contribution in [2.45, 2.75) is 18.9 Å². The first-order valence-corrected chi connectivity index (χ1v) is 12.1. The molecule has 0 spiro atoms. The summed E-state index contributed by atoms with van der Waals surface area (Å²) in [5.41, 5.74) is 4.52. The number of aromatic nitrogens is 1. The molecule has 0 bridgehead atoms. The average Bonchev–Trinajstić information content (AvgIpc) is 3.18. The Morgan fingerprint density at radius 3 is 2.67 bits per heavy atom. The van der Waals surface area contributed by atoms with E-state index in [0.29, 0.717) is 21.3 Å². The van der Waals surface area contributed by atoms with Crippen LogP contribution in [-0.2, 0) is 6.42 Å². The SMILES string of the molecule is O=c1/c(=C\c2ccc(O)c([N+](=O)[O-])c2)sc2n1[C@@H](c1ccc(F)cc1)C1=C(N=2)c2ccccc2CC1. The first-order valence-electron chi connectivity index (χ1n) is 11.3. The summed E-state index contributed by atoms with van der Waals surface area (Å²) in [6.07, 6.45) is 3.09. The number of rotatable bonds is 3. The molecule has 178 valence electrons. The van der Waals surface area contributed by atoms with Crippen molar-refractivity contribution in [3.8, 4) is 5.75 Å². The minimum atomic E-state index is -0.672. The fraction of sp³-hybridized carbons (Fsp3) is 0.111. The smallest absolute Gasteiger partial charge is 0.311 e. The third-order valence-electron chi connectivity index (χ3n) is 6.55. The second kappa shape index (κ2) is 8.39. The molecule has 9 heteroatoms. The number of halogens is 1. The lowest BCUT2D eigenvalue weighted by molar-refractivity contribution is -0.385. The molecule has 0 amide bonds. The molecule has 1 aromatic heterocycles. The van der Waals surface area contributed by atoms with Gasteiger partial charge in [0, 0.05) is 11.6 Å². The highest BCUT2D eigenvalue weighted by atomic mass is 32.1. The minimum absolute atomic E-state index is 0.283. The van der Waals surface area contributed by atoms with Gasteiger partial charge in [-0.2, -0.15) is 0 Å². The van der Waals surface area contributed by atoms with Gasteiger partial charge in [0.1, 0.15) is 5.82 Å². The van der Waals surface area contributed by atoms with Gasteiger partial charge in [-0.3, -0.25) is 19.5 Å². The number of phenols is 1. The van der Waals surface area contributed by atoms with E-state index in [-0.39, 0.29) is 11.4 Å². The van der Waals surface area contributed by atoms with Gasteiger partial charge in [0.05, 0.1) is 21.2 Å². The highest BCUT2D eigenvalue weighted by Gasteiger charge is 2.32. The summed E-state index contributed by atoms with van der Waals surface area (Å²) in [6.45, 7) is 0. The summed E-state index contributed by atoms with van der Waals surface area (Å²) in [5.74, 6) is -0.801. The van der Waals surface area contributed by atoms with Crippen LogP contribution in [0.1, 0.15) is 34.7 Å². The van der Waals surface area contributed by atoms with Crippen molar-refractivity contribution in [2.75, 3.05) is 0 Å². The van der Waals surface area contributed by atoms with Crippen molar-refractivity contribution in [1.82, 2.24) is 4.57 Å². The number of aryl methyl sites for hydroxylation is 1. The number of thiazole rings is 1. The quantitative estimate of drug-likeness (QED) is 0.339. The van der Waals surface area contributed by atoms with Crippen LogP contribution in [0.25, 0.3) is 11.8 Å². The highest BCUT2D eigenvalue weighted by Crippen LogP contribution is 2.41. The molecule has 2 aliphatic rings. The van der Waals surface area contributed by atoms with Crippen molar-refractivity contribution < 1.29 is 14.4 Å². The Morgan fingerprint density at radius 2 is 1.89 bits per heavy atom. The van der Waals surface area contributed by atoms with Crippen molar-refractivity contribution in [3.63, 3.8) is 0 Å². The molecule has 1 N–H and O–H groups in total. The van der Waals surface area contributed by atoms with Gasteiger partial charge >= 0.3 is 5.69 Å². The van der Waals surface area contributed by atoms with Crippen LogP contribution < -0.4 is 14.9 Å². The van der Waals surface area contributed by atoms with E-state index in [9.17, 15) is 24.4 Å². The second-order valence-electron chi connectivity index (χ2n) is 8.67. The fourth-order valence-electron chi connectivity index (χ4n) is 4.90. The molecule has 3 aromatic carbocycles. The van der Waals surface area contributed by atoms with Crippen molar-refractivity contribution in [3.05, 3.63) is 130 Å². The van der Waals surface area contributed by atoms with Crippen LogP contribution in [-0.4, -0.2) is 14.6 Å². The van der Waals surface area contributed by atoms with Crippen molar-refractivity contribution >= 4 is 28.8 Å². The molecule has 0 fully saturated rings. The number of hydrogen-bond donors (Lipinski definition) is 1. The fourth-order valence-corrected chi connectivity index (χ4v) is 5.90. The molecule has 6 rings (SSSR count). The van der Waals surface area contributed by atoms with E-state index in [4.69, 9.17) is 4.99 Å². The Balaban J connectivity index is 1.60. The van der Waals surface area contributed by atoms with Gasteiger partial charge in [0.25, 0.3) is 5.56 Å². The Morgan fingerprint density at radius 1 is 1.11 bits per heavy atom. The van der Waals surface area contributed by atoms with E-state index in [1.807, 2.05) is 18.2 Å². The number of fused-ring (bicyclic) bond motifs is 3. The Kier molecular flexibility index (Phi) is 5.15. The summed E-state index contributed by atoms with van der Waals surface area (Å²) in [4.78, 5) is 29.7. The third kappa shape index (κ3) is 3.56. The molecule has 0 radical (unpaired) electrons. The number of nitrogens with zero attached hydrogens (tertiary/aromatic N) is 3. The molecule has 0 saturated carbocycles. The number of nitro benzene ring substituents is 1. The van der Waals surface area contributed by atoms with E-state index in [0.717, 1.165) is 28.8 Å². The van der Waals surface area contributed by atoms with E-state index >= 15 is 0 Å². The van der Waals surface area contributed by atoms with Crippen molar-refractivity contribution in [1.29, 1.82) is 0 Å². The second-order valence-corrected chi connectivity index (χ2v) is 9.68. The van der Waals surface area contributed by atoms with Gasteiger partial charge in [-0.1, -0.05) is 53.8 Å². The zero-order valence-electron chi connectivity index (χ0n) is 18.7. The standard InChI is InChI=1S/C27H18FN3O4S/c28-18-9-6-17(7-10-18)25-20-11-8-16-3-1-2-4-19(16)24(20)29-27-30(25)26(33)23(36-27)14-15-5-12-22(32)21(13-15)31(34)35/h1-7,9-10,12-14,25,32H,8,11H2/b23-14+/t25-/m0/s1. The maximum absolute atomic E-state index is 13.8. The lowest BCUT2D eigenvalue weighted by Crippen LogP contribution is -2.38. The maximum Gasteiger partial charge on any atom is 0.311 e. The first-order chi connectivity index (χ1) is 17.4. The number of nitro groups is 1. The summed E-state index contributed by atoms with van der Waals surface area (Å²) in [6, 6.07) is 17.8. The van der Waals surface area contributed by atoms with Crippen molar-refractivity contribution in [2.24, 2.45) is 4.99 Å². The predicted octanol–water partition coefficient (Wildman–Crippen LogP) is 4.07. The molecular formula is C27H18FN3O4S. The monoisotopic (exact) mass is 499 g/mol. The Hall–Kier alpha value is -4.37. The molecule has 7 nitrogen and oxygen atoms in total. The lowest BCUT2D eigenvalue weighted by Gasteiger charge is -2.30. The molecule has 36 heavy (non-hydrogen) atoms. The molecule has 1 aliphatic heterocycles. The zero-order chi connectivity index (χ0) is 25.0. The lowest BCUT2D eigenvalue weighted by atomic mass is 9.83. The predicted molar refractivity (Wildman–Crippen MR) is 134 cm³/mol. The zero-order valence-corrected chi connectivity index (χ0v) is 19.5. The van der Waals surface area contributed by atoms with Gasteiger partial charge < -0.3 is 5.11 Å². The van der Waals surface area contributed by atoms with Crippen LogP contribution in [0.2, 0.25) is 0 Å². The molecule has 0 unspecified atom stereocenters. The summed E-state index contributed by atoms with van der Waals surface area (Å²) >= 11 is 1.19. The van der Waals surface area contributed by atoms with Gasteiger partial charge in [0.2, 0.25) is 0 Å². The maximum atomic E-state index is 13.8. The van der Waals surface area contributed by atoms with Gasteiger partial charge in [-0.05, 0) is 59.4 Å².